The fourth-order valence-corrected chi connectivity index (χ4v) is 3.13. The van der Waals surface area contributed by atoms with Crippen molar-refractivity contribution in [3.63, 3.8) is 0 Å². The number of anilines is 3. The van der Waals surface area contributed by atoms with Crippen molar-refractivity contribution >= 4 is 23.1 Å². The Morgan fingerprint density at radius 2 is 1.72 bits per heavy atom. The molecule has 0 radical (unpaired) electrons. The van der Waals surface area contributed by atoms with Crippen LogP contribution in [0.3, 0.4) is 0 Å². The van der Waals surface area contributed by atoms with Gasteiger partial charge in [-0.05, 0) is 61.2 Å². The molecule has 1 N–H and O–H groups in total. The summed E-state index contributed by atoms with van der Waals surface area (Å²) in [6.45, 7) is 1.68. The van der Waals surface area contributed by atoms with Gasteiger partial charge in [0, 0.05) is 25.3 Å². The number of nitrogens with zero attached hydrogens (tertiary/aromatic N) is 2. The zero-order valence-corrected chi connectivity index (χ0v) is 13.7. The number of amides is 2. The second-order valence-corrected chi connectivity index (χ2v) is 6.54. The maximum Gasteiger partial charge on any atom is 0.322 e. The van der Waals surface area contributed by atoms with Gasteiger partial charge < -0.3 is 10.2 Å². The average Bonchev–Trinajstić information content (AvgIpc) is 3.44. The zero-order chi connectivity index (χ0) is 17.4. The number of hydrogen-bond acceptors (Lipinski definition) is 2. The topological polar surface area (TPSA) is 35.6 Å². The van der Waals surface area contributed by atoms with E-state index in [9.17, 15) is 13.6 Å². The third-order valence-electron chi connectivity index (χ3n) is 4.69. The highest BCUT2D eigenvalue weighted by Gasteiger charge is 2.29. The van der Waals surface area contributed by atoms with Gasteiger partial charge in [-0.2, -0.15) is 0 Å². The van der Waals surface area contributed by atoms with Crippen LogP contribution in [0.25, 0.3) is 0 Å². The van der Waals surface area contributed by atoms with E-state index in [1.807, 2.05) is 4.90 Å². The fourth-order valence-electron chi connectivity index (χ4n) is 3.13. The van der Waals surface area contributed by atoms with Gasteiger partial charge in [-0.25, -0.2) is 13.6 Å². The molecule has 1 heterocycles. The predicted molar refractivity (Wildman–Crippen MR) is 93.3 cm³/mol. The maximum atomic E-state index is 13.8. The molecule has 0 saturated heterocycles. The number of hydrogen-bond donors (Lipinski definition) is 1. The van der Waals surface area contributed by atoms with E-state index in [4.69, 9.17) is 0 Å². The molecule has 1 aliphatic heterocycles. The molecule has 0 unspecified atom stereocenters. The minimum atomic E-state index is -0.369. The van der Waals surface area contributed by atoms with Gasteiger partial charge in [-0.15, -0.1) is 0 Å². The monoisotopic (exact) mass is 343 g/mol. The first-order valence-corrected chi connectivity index (χ1v) is 8.50. The molecule has 0 spiro atoms. The largest absolute Gasteiger partial charge is 0.338 e. The molecular weight excluding hydrogens is 324 g/mol. The van der Waals surface area contributed by atoms with Gasteiger partial charge >= 0.3 is 6.03 Å². The van der Waals surface area contributed by atoms with Crippen LogP contribution in [0.2, 0.25) is 0 Å². The van der Waals surface area contributed by atoms with E-state index in [2.05, 4.69) is 5.32 Å². The number of benzene rings is 2. The van der Waals surface area contributed by atoms with Crippen LogP contribution in [0.15, 0.2) is 42.5 Å². The van der Waals surface area contributed by atoms with E-state index in [-0.39, 0.29) is 17.7 Å². The molecule has 4 rings (SSSR count). The molecule has 130 valence electrons. The van der Waals surface area contributed by atoms with Crippen molar-refractivity contribution in [1.29, 1.82) is 0 Å². The second-order valence-electron chi connectivity index (χ2n) is 6.54. The molecular formula is C19H19F2N3O. The summed E-state index contributed by atoms with van der Waals surface area (Å²) in [7, 11) is 0. The van der Waals surface area contributed by atoms with Gasteiger partial charge in [-0.1, -0.05) is 0 Å². The third kappa shape index (κ3) is 3.29. The van der Waals surface area contributed by atoms with Gasteiger partial charge in [0.2, 0.25) is 0 Å². The summed E-state index contributed by atoms with van der Waals surface area (Å²) in [5, 5.41) is 2.96. The van der Waals surface area contributed by atoms with Crippen LogP contribution >= 0.6 is 0 Å². The van der Waals surface area contributed by atoms with Gasteiger partial charge in [-0.3, -0.25) is 4.90 Å². The molecule has 0 aromatic heterocycles. The van der Waals surface area contributed by atoms with E-state index in [1.165, 1.54) is 37.1 Å². The standard InChI is InChI=1S/C19H19F2N3O/c20-14-3-6-16(7-4-14)23-9-10-24(19(25)22-12-13-1-2-13)17-8-5-15(21)11-18(17)23/h3-8,11,13H,1-2,9-10,12H2,(H,22,25). The van der Waals surface area contributed by atoms with E-state index >= 15 is 0 Å². The Balaban J connectivity index is 1.63. The molecule has 25 heavy (non-hydrogen) atoms. The van der Waals surface area contributed by atoms with Crippen LogP contribution in [0.4, 0.5) is 30.6 Å². The number of urea groups is 1. The summed E-state index contributed by atoms with van der Waals surface area (Å²) in [5.41, 5.74) is 2.04. The molecule has 2 aliphatic rings. The van der Waals surface area contributed by atoms with E-state index < -0.39 is 0 Å². The Bertz CT molecular complexity index is 790. The van der Waals surface area contributed by atoms with Crippen molar-refractivity contribution < 1.29 is 13.6 Å². The van der Waals surface area contributed by atoms with Crippen molar-refractivity contribution in [3.8, 4) is 0 Å². The van der Waals surface area contributed by atoms with Gasteiger partial charge in [0.25, 0.3) is 0 Å². The molecule has 2 aromatic rings. The lowest BCUT2D eigenvalue weighted by atomic mass is 10.1. The third-order valence-corrected chi connectivity index (χ3v) is 4.69. The number of nitrogens with one attached hydrogen (secondary N) is 1. The Hall–Kier alpha value is -2.63. The smallest absolute Gasteiger partial charge is 0.322 e. The minimum absolute atomic E-state index is 0.154. The lowest BCUT2D eigenvalue weighted by molar-refractivity contribution is 0.246. The normalized spacial score (nSPS) is 16.6. The molecule has 1 fully saturated rings. The Labute approximate surface area is 145 Å². The van der Waals surface area contributed by atoms with E-state index in [0.29, 0.717) is 36.9 Å². The molecule has 6 heteroatoms. The Kier molecular flexibility index (Phi) is 4.03. The molecule has 4 nitrogen and oxygen atoms in total. The maximum absolute atomic E-state index is 13.8. The average molecular weight is 343 g/mol. The minimum Gasteiger partial charge on any atom is -0.338 e. The van der Waals surface area contributed by atoms with Crippen molar-refractivity contribution in [2.24, 2.45) is 5.92 Å². The molecule has 2 amide bonds. The zero-order valence-electron chi connectivity index (χ0n) is 13.7. The summed E-state index contributed by atoms with van der Waals surface area (Å²) >= 11 is 0. The lowest BCUT2D eigenvalue weighted by Crippen LogP contribution is -2.47. The molecule has 0 bridgehead atoms. The summed E-state index contributed by atoms with van der Waals surface area (Å²) in [6, 6.07) is 10.3. The summed E-state index contributed by atoms with van der Waals surface area (Å²) in [5.74, 6) is -0.0930. The summed E-state index contributed by atoms with van der Waals surface area (Å²) in [4.78, 5) is 16.1. The Morgan fingerprint density at radius 3 is 2.44 bits per heavy atom. The highest BCUT2D eigenvalue weighted by Crippen LogP contribution is 2.38. The van der Waals surface area contributed by atoms with Gasteiger partial charge in [0.15, 0.2) is 0 Å². The van der Waals surface area contributed by atoms with Crippen LogP contribution < -0.4 is 15.1 Å². The predicted octanol–water partition coefficient (Wildman–Crippen LogP) is 4.04. The van der Waals surface area contributed by atoms with Crippen molar-refractivity contribution in [2.75, 3.05) is 29.4 Å². The van der Waals surface area contributed by atoms with Gasteiger partial charge in [0.1, 0.15) is 11.6 Å². The first-order valence-electron chi connectivity index (χ1n) is 8.50. The van der Waals surface area contributed by atoms with Crippen LogP contribution in [-0.4, -0.2) is 25.7 Å². The number of halogens is 2. The second kappa shape index (κ2) is 6.35. The fraction of sp³-hybridized carbons (Fsp3) is 0.316. The molecule has 1 saturated carbocycles. The Morgan fingerprint density at radius 1 is 1.00 bits per heavy atom. The summed E-state index contributed by atoms with van der Waals surface area (Å²) < 4.78 is 27.0. The lowest BCUT2D eigenvalue weighted by Gasteiger charge is -2.37. The SMILES string of the molecule is O=C(NCC1CC1)N1CCN(c2ccc(F)cc2)c2cc(F)ccc21. The van der Waals surface area contributed by atoms with Crippen LogP contribution in [0.5, 0.6) is 0 Å². The van der Waals surface area contributed by atoms with E-state index in [0.717, 1.165) is 5.69 Å². The first-order chi connectivity index (χ1) is 12.1. The van der Waals surface area contributed by atoms with Crippen LogP contribution in [-0.2, 0) is 0 Å². The number of fused-ring (bicyclic) bond motifs is 1. The van der Waals surface area contributed by atoms with Crippen molar-refractivity contribution in [1.82, 2.24) is 5.32 Å². The number of rotatable bonds is 3. The highest BCUT2D eigenvalue weighted by atomic mass is 19.1. The summed E-state index contributed by atoms with van der Waals surface area (Å²) in [6.07, 6.45) is 2.33. The molecule has 1 aliphatic carbocycles. The van der Waals surface area contributed by atoms with Crippen LogP contribution in [0, 0.1) is 17.6 Å². The number of carbonyl (C=O) groups excluding carboxylic acids is 1. The molecule has 0 atom stereocenters. The van der Waals surface area contributed by atoms with Crippen molar-refractivity contribution in [3.05, 3.63) is 54.1 Å². The number of carbonyl (C=O) groups is 1. The van der Waals surface area contributed by atoms with E-state index in [1.54, 1.807) is 23.1 Å². The van der Waals surface area contributed by atoms with Crippen molar-refractivity contribution in [2.45, 2.75) is 12.8 Å². The molecule has 2 aromatic carbocycles. The first kappa shape index (κ1) is 15.9. The quantitative estimate of drug-likeness (QED) is 0.913. The van der Waals surface area contributed by atoms with Gasteiger partial charge in [0.05, 0.1) is 11.4 Å². The highest BCUT2D eigenvalue weighted by molar-refractivity contribution is 5.97. The van der Waals surface area contributed by atoms with Crippen LogP contribution in [0.1, 0.15) is 12.8 Å².